The second-order valence-corrected chi connectivity index (χ2v) is 6.05. The van der Waals surface area contributed by atoms with Crippen molar-refractivity contribution in [3.63, 3.8) is 0 Å². The van der Waals surface area contributed by atoms with Gasteiger partial charge in [0.05, 0.1) is 7.11 Å². The molecule has 1 unspecified atom stereocenters. The van der Waals surface area contributed by atoms with Crippen LogP contribution in [0.3, 0.4) is 0 Å². The largest absolute Gasteiger partial charge is 0.468 e. The van der Waals surface area contributed by atoms with Crippen molar-refractivity contribution >= 4 is 34.5 Å². The van der Waals surface area contributed by atoms with Gasteiger partial charge < -0.3 is 10.1 Å². The molecule has 1 amide bonds. The Morgan fingerprint density at radius 1 is 1.41 bits per heavy atom. The van der Waals surface area contributed by atoms with Gasteiger partial charge in [-0.15, -0.1) is 0 Å². The van der Waals surface area contributed by atoms with E-state index in [1.807, 2.05) is 22.6 Å². The van der Waals surface area contributed by atoms with Crippen LogP contribution in [0.2, 0.25) is 0 Å². The lowest BCUT2D eigenvalue weighted by Gasteiger charge is -2.26. The third-order valence-corrected chi connectivity index (χ3v) is 4.57. The maximum absolute atomic E-state index is 12.1. The number of ether oxygens (including phenoxy) is 1. The zero-order valence-electron chi connectivity index (χ0n) is 10.4. The number of nitrogens with one attached hydrogen (secondary N) is 1. The predicted octanol–water partition coefficient (Wildman–Crippen LogP) is 2.05. The molecule has 17 heavy (non-hydrogen) atoms. The van der Waals surface area contributed by atoms with Crippen LogP contribution in [0.1, 0.15) is 39.0 Å². The van der Waals surface area contributed by atoms with Crippen molar-refractivity contribution in [2.45, 2.75) is 43.0 Å². The number of carbonyl (C=O) groups excluding carboxylic acids is 2. The Kier molecular flexibility index (Phi) is 5.69. The molecule has 0 spiro atoms. The average Bonchev–Trinajstić information content (AvgIpc) is 2.84. The van der Waals surface area contributed by atoms with Gasteiger partial charge in [0.15, 0.2) is 0 Å². The highest BCUT2D eigenvalue weighted by atomic mass is 127. The molecular weight excluding hydrogens is 333 g/mol. The fourth-order valence-electron chi connectivity index (χ4n) is 2.37. The smallest absolute Gasteiger partial charge is 0.320 e. The minimum Gasteiger partial charge on any atom is -0.468 e. The van der Waals surface area contributed by atoms with E-state index in [0.29, 0.717) is 6.54 Å². The van der Waals surface area contributed by atoms with Crippen LogP contribution in [-0.4, -0.2) is 29.5 Å². The Bertz CT molecular complexity index is 287. The number of esters is 1. The molecule has 0 saturated heterocycles. The van der Waals surface area contributed by atoms with E-state index in [-0.39, 0.29) is 21.2 Å². The molecule has 0 heterocycles. The second kappa shape index (κ2) is 6.56. The molecule has 0 aromatic rings. The van der Waals surface area contributed by atoms with Gasteiger partial charge in [0.1, 0.15) is 3.92 Å². The van der Waals surface area contributed by atoms with Gasteiger partial charge in [0.2, 0.25) is 5.91 Å². The highest BCUT2D eigenvalue weighted by Gasteiger charge is 2.39. The fourth-order valence-corrected chi connectivity index (χ4v) is 2.85. The first-order chi connectivity index (χ1) is 8.05. The molecular formula is C12H20INO3. The van der Waals surface area contributed by atoms with Crippen molar-refractivity contribution in [2.75, 3.05) is 13.7 Å². The van der Waals surface area contributed by atoms with Gasteiger partial charge in [-0.1, -0.05) is 42.4 Å². The summed E-state index contributed by atoms with van der Waals surface area (Å²) in [6.07, 6.45) is 5.08. The second-order valence-electron chi connectivity index (χ2n) is 4.54. The number of halogens is 1. The molecule has 5 heteroatoms. The molecule has 1 rings (SSSR count). The SMILES string of the molecule is CCC1(C(=O)NCC(I)C(=O)OC)CCCC1. The number of alkyl halides is 1. The molecule has 1 aliphatic rings. The number of amides is 1. The summed E-state index contributed by atoms with van der Waals surface area (Å²) in [7, 11) is 1.36. The minimum atomic E-state index is -0.308. The monoisotopic (exact) mass is 353 g/mol. The van der Waals surface area contributed by atoms with E-state index in [1.54, 1.807) is 0 Å². The van der Waals surface area contributed by atoms with Crippen LogP contribution >= 0.6 is 22.6 Å². The molecule has 1 N–H and O–H groups in total. The molecule has 0 bridgehead atoms. The third-order valence-electron chi connectivity index (χ3n) is 3.62. The van der Waals surface area contributed by atoms with Gasteiger partial charge in [0, 0.05) is 12.0 Å². The van der Waals surface area contributed by atoms with Crippen LogP contribution in [0.15, 0.2) is 0 Å². The molecule has 1 aliphatic carbocycles. The quantitative estimate of drug-likeness (QED) is 0.468. The first-order valence-electron chi connectivity index (χ1n) is 6.06. The van der Waals surface area contributed by atoms with Crippen molar-refractivity contribution in [3.05, 3.63) is 0 Å². The Balaban J connectivity index is 2.46. The van der Waals surface area contributed by atoms with E-state index in [9.17, 15) is 9.59 Å². The number of hydrogen-bond donors (Lipinski definition) is 1. The molecule has 0 aliphatic heterocycles. The van der Waals surface area contributed by atoms with Crippen LogP contribution in [0.25, 0.3) is 0 Å². The van der Waals surface area contributed by atoms with Crippen LogP contribution < -0.4 is 5.32 Å². The normalized spacial score (nSPS) is 19.7. The number of methoxy groups -OCH3 is 1. The molecule has 4 nitrogen and oxygen atoms in total. The van der Waals surface area contributed by atoms with E-state index in [2.05, 4.69) is 17.0 Å². The van der Waals surface area contributed by atoms with Crippen molar-refractivity contribution in [2.24, 2.45) is 5.41 Å². The molecule has 0 aromatic carbocycles. The molecule has 1 saturated carbocycles. The maximum Gasteiger partial charge on any atom is 0.320 e. The number of hydrogen-bond acceptors (Lipinski definition) is 3. The first kappa shape index (κ1) is 14.7. The highest BCUT2D eigenvalue weighted by Crippen LogP contribution is 2.41. The zero-order valence-corrected chi connectivity index (χ0v) is 12.6. The third kappa shape index (κ3) is 3.56. The first-order valence-corrected chi connectivity index (χ1v) is 7.30. The summed E-state index contributed by atoms with van der Waals surface area (Å²) in [6, 6.07) is 0. The van der Waals surface area contributed by atoms with Gasteiger partial charge in [-0.05, 0) is 19.3 Å². The molecule has 0 radical (unpaired) electrons. The minimum absolute atomic E-state index is 0.100. The van der Waals surface area contributed by atoms with Gasteiger partial charge in [-0.2, -0.15) is 0 Å². The van der Waals surface area contributed by atoms with E-state index in [0.717, 1.165) is 32.1 Å². The van der Waals surface area contributed by atoms with Gasteiger partial charge in [-0.3, -0.25) is 9.59 Å². The summed E-state index contributed by atoms with van der Waals surface area (Å²) < 4.78 is 4.32. The summed E-state index contributed by atoms with van der Waals surface area (Å²) in [6.45, 7) is 2.42. The zero-order chi connectivity index (χ0) is 12.9. The average molecular weight is 353 g/mol. The Morgan fingerprint density at radius 3 is 2.47 bits per heavy atom. The topological polar surface area (TPSA) is 55.4 Å². The summed E-state index contributed by atoms with van der Waals surface area (Å²) in [5, 5.41) is 2.88. The van der Waals surface area contributed by atoms with Gasteiger partial charge in [0.25, 0.3) is 0 Å². The summed E-state index contributed by atoms with van der Waals surface area (Å²) in [5.74, 6) is -0.189. The lowest BCUT2D eigenvalue weighted by atomic mass is 9.82. The fraction of sp³-hybridized carbons (Fsp3) is 0.833. The van der Waals surface area contributed by atoms with Crippen molar-refractivity contribution in [1.29, 1.82) is 0 Å². The predicted molar refractivity (Wildman–Crippen MR) is 74.0 cm³/mol. The Labute approximate surface area is 116 Å². The molecule has 98 valence electrons. The van der Waals surface area contributed by atoms with Crippen LogP contribution in [0.5, 0.6) is 0 Å². The van der Waals surface area contributed by atoms with Crippen LogP contribution in [0.4, 0.5) is 0 Å². The van der Waals surface area contributed by atoms with Crippen LogP contribution in [0, 0.1) is 5.41 Å². The molecule has 0 aromatic heterocycles. The Hall–Kier alpha value is -0.330. The van der Waals surface area contributed by atoms with Crippen molar-refractivity contribution in [1.82, 2.24) is 5.32 Å². The molecule has 1 fully saturated rings. The Morgan fingerprint density at radius 2 is 2.00 bits per heavy atom. The summed E-state index contributed by atoms with van der Waals surface area (Å²) in [4.78, 5) is 23.4. The van der Waals surface area contributed by atoms with Gasteiger partial charge >= 0.3 is 5.97 Å². The lowest BCUT2D eigenvalue weighted by Crippen LogP contribution is -2.42. The number of rotatable bonds is 5. The highest BCUT2D eigenvalue weighted by molar-refractivity contribution is 14.1. The summed E-state index contributed by atoms with van der Waals surface area (Å²) in [5.41, 5.74) is -0.188. The van der Waals surface area contributed by atoms with E-state index in [4.69, 9.17) is 0 Å². The van der Waals surface area contributed by atoms with E-state index < -0.39 is 0 Å². The lowest BCUT2D eigenvalue weighted by molar-refractivity contribution is -0.139. The van der Waals surface area contributed by atoms with Gasteiger partial charge in [-0.25, -0.2) is 0 Å². The van der Waals surface area contributed by atoms with Crippen LogP contribution in [-0.2, 0) is 14.3 Å². The van der Waals surface area contributed by atoms with Crippen molar-refractivity contribution in [3.8, 4) is 0 Å². The number of carbonyl (C=O) groups is 2. The maximum atomic E-state index is 12.1. The summed E-state index contributed by atoms with van der Waals surface area (Å²) >= 11 is 1.99. The molecule has 1 atom stereocenters. The van der Waals surface area contributed by atoms with E-state index in [1.165, 1.54) is 7.11 Å². The van der Waals surface area contributed by atoms with E-state index >= 15 is 0 Å². The standard InChI is InChI=1S/C12H20INO3/c1-3-12(6-4-5-7-12)11(16)14-8-9(13)10(15)17-2/h9H,3-8H2,1-2H3,(H,14,16). The van der Waals surface area contributed by atoms with Crippen molar-refractivity contribution < 1.29 is 14.3 Å².